The fourth-order valence-electron chi connectivity index (χ4n) is 4.01. The molecule has 0 aromatic heterocycles. The van der Waals surface area contributed by atoms with Crippen LogP contribution < -0.4 is 14.9 Å². The second-order valence-electron chi connectivity index (χ2n) is 8.06. The number of carbonyl (C=O) groups excluding carboxylic acids is 1. The van der Waals surface area contributed by atoms with Gasteiger partial charge in [0.25, 0.3) is 5.91 Å². The van der Waals surface area contributed by atoms with Crippen LogP contribution >= 0.6 is 0 Å². The van der Waals surface area contributed by atoms with Crippen LogP contribution in [0.5, 0.6) is 0 Å². The van der Waals surface area contributed by atoms with Crippen LogP contribution in [0.4, 0.5) is 11.4 Å². The minimum Gasteiger partial charge on any atom is -0.377 e. The van der Waals surface area contributed by atoms with Crippen LogP contribution in [-0.4, -0.2) is 46.7 Å². The number of hydrogen-bond acceptors (Lipinski definition) is 5. The maximum absolute atomic E-state index is 12.7. The number of anilines is 2. The average Bonchev–Trinajstić information content (AvgIpc) is 3.33. The molecule has 7 nitrogen and oxygen atoms in total. The first-order chi connectivity index (χ1) is 15.0. The standard InChI is InChI=1S/C23H29N3O4S/c27-23(25-19-9-11-20(12-10-19)26-13-2-1-3-14-26)18-6-4-8-22(16-18)31(28,29)24-17-21-7-5-15-30-21/h4,6,8-12,16,21,24H,1-3,5,7,13-15,17H2,(H,25,27)/t21-/m1/s1. The van der Waals surface area contributed by atoms with Gasteiger partial charge in [-0.25, -0.2) is 13.1 Å². The Morgan fingerprint density at radius 2 is 1.81 bits per heavy atom. The fraction of sp³-hybridized carbons (Fsp3) is 0.435. The van der Waals surface area contributed by atoms with Crippen molar-refractivity contribution in [3.8, 4) is 0 Å². The van der Waals surface area contributed by atoms with Gasteiger partial charge in [-0.15, -0.1) is 0 Å². The van der Waals surface area contributed by atoms with Gasteiger partial charge in [-0.2, -0.15) is 0 Å². The molecule has 0 unspecified atom stereocenters. The molecule has 8 heteroatoms. The van der Waals surface area contributed by atoms with Crippen molar-refractivity contribution >= 4 is 27.3 Å². The molecular formula is C23H29N3O4S. The molecule has 0 aliphatic carbocycles. The molecule has 2 saturated heterocycles. The van der Waals surface area contributed by atoms with Crippen molar-refractivity contribution in [1.29, 1.82) is 0 Å². The van der Waals surface area contributed by atoms with Crippen molar-refractivity contribution < 1.29 is 17.9 Å². The van der Waals surface area contributed by atoms with E-state index in [0.29, 0.717) is 17.9 Å². The molecule has 1 amide bonds. The van der Waals surface area contributed by atoms with Crippen molar-refractivity contribution in [3.05, 3.63) is 54.1 Å². The SMILES string of the molecule is O=C(Nc1ccc(N2CCCCC2)cc1)c1cccc(S(=O)(=O)NC[C@H]2CCCO2)c1. The Balaban J connectivity index is 1.39. The smallest absolute Gasteiger partial charge is 0.255 e. The highest BCUT2D eigenvalue weighted by molar-refractivity contribution is 7.89. The van der Waals surface area contributed by atoms with Crippen LogP contribution in [0.15, 0.2) is 53.4 Å². The number of nitrogens with zero attached hydrogens (tertiary/aromatic N) is 1. The lowest BCUT2D eigenvalue weighted by atomic mass is 10.1. The van der Waals surface area contributed by atoms with E-state index in [9.17, 15) is 13.2 Å². The monoisotopic (exact) mass is 443 g/mol. The fourth-order valence-corrected chi connectivity index (χ4v) is 5.12. The first kappa shape index (κ1) is 21.8. The minimum atomic E-state index is -3.71. The Kier molecular flexibility index (Phi) is 6.89. The third kappa shape index (κ3) is 5.64. The molecule has 2 aromatic carbocycles. The molecular weight excluding hydrogens is 414 g/mol. The number of nitrogens with one attached hydrogen (secondary N) is 2. The molecule has 2 aromatic rings. The van der Waals surface area contributed by atoms with Crippen molar-refractivity contribution in [3.63, 3.8) is 0 Å². The summed E-state index contributed by atoms with van der Waals surface area (Å²) in [6.07, 6.45) is 5.40. The van der Waals surface area contributed by atoms with E-state index in [1.807, 2.05) is 24.3 Å². The quantitative estimate of drug-likeness (QED) is 0.685. The van der Waals surface area contributed by atoms with Crippen molar-refractivity contribution in [1.82, 2.24) is 4.72 Å². The molecule has 2 heterocycles. The van der Waals surface area contributed by atoms with Gasteiger partial charge in [0, 0.05) is 43.2 Å². The molecule has 2 aliphatic heterocycles. The summed E-state index contributed by atoms with van der Waals surface area (Å²) in [7, 11) is -3.71. The molecule has 2 aliphatic rings. The summed E-state index contributed by atoms with van der Waals surface area (Å²) in [4.78, 5) is 15.1. The summed E-state index contributed by atoms with van der Waals surface area (Å²) < 4.78 is 33.3. The highest BCUT2D eigenvalue weighted by atomic mass is 32.2. The number of ether oxygens (including phenoxy) is 1. The van der Waals surface area contributed by atoms with E-state index in [0.717, 1.165) is 31.6 Å². The number of benzene rings is 2. The van der Waals surface area contributed by atoms with Gasteiger partial charge in [-0.05, 0) is 74.6 Å². The van der Waals surface area contributed by atoms with Crippen molar-refractivity contribution in [2.45, 2.75) is 43.1 Å². The molecule has 0 spiro atoms. The Morgan fingerprint density at radius 1 is 1.03 bits per heavy atom. The van der Waals surface area contributed by atoms with Gasteiger partial charge in [0.1, 0.15) is 0 Å². The third-order valence-corrected chi connectivity index (χ3v) is 7.20. The van der Waals surface area contributed by atoms with E-state index in [1.54, 1.807) is 12.1 Å². The topological polar surface area (TPSA) is 87.7 Å². The van der Waals surface area contributed by atoms with Crippen molar-refractivity contribution in [2.24, 2.45) is 0 Å². The maximum Gasteiger partial charge on any atom is 0.255 e. The second kappa shape index (κ2) is 9.80. The van der Waals surface area contributed by atoms with Crippen molar-refractivity contribution in [2.75, 3.05) is 36.5 Å². The first-order valence-electron chi connectivity index (χ1n) is 10.9. The largest absolute Gasteiger partial charge is 0.377 e. The van der Waals surface area contributed by atoms with E-state index in [4.69, 9.17) is 4.74 Å². The Bertz CT molecular complexity index is 996. The van der Waals surface area contributed by atoms with Crippen LogP contribution in [0.1, 0.15) is 42.5 Å². The Morgan fingerprint density at radius 3 is 2.52 bits per heavy atom. The molecule has 2 N–H and O–H groups in total. The normalized spacial score (nSPS) is 19.4. The number of carbonyl (C=O) groups is 1. The lowest BCUT2D eigenvalue weighted by molar-refractivity contribution is 0.102. The van der Waals surface area contributed by atoms with Gasteiger partial charge in [0.15, 0.2) is 0 Å². The molecule has 0 bridgehead atoms. The van der Waals surface area contributed by atoms with Gasteiger partial charge in [-0.1, -0.05) is 6.07 Å². The van der Waals surface area contributed by atoms with E-state index in [2.05, 4.69) is 14.9 Å². The Labute approximate surface area is 183 Å². The van der Waals surface area contributed by atoms with Gasteiger partial charge in [0.05, 0.1) is 11.0 Å². The van der Waals surface area contributed by atoms with E-state index in [1.165, 1.54) is 31.4 Å². The summed E-state index contributed by atoms with van der Waals surface area (Å²) in [6.45, 7) is 3.03. The van der Waals surface area contributed by atoms with E-state index in [-0.39, 0.29) is 23.5 Å². The van der Waals surface area contributed by atoms with Crippen LogP contribution in [0.2, 0.25) is 0 Å². The first-order valence-corrected chi connectivity index (χ1v) is 12.4. The second-order valence-corrected chi connectivity index (χ2v) is 9.83. The molecule has 2 fully saturated rings. The number of piperidine rings is 1. The molecule has 4 rings (SSSR count). The zero-order valence-corrected chi connectivity index (χ0v) is 18.4. The zero-order valence-electron chi connectivity index (χ0n) is 17.5. The predicted molar refractivity (Wildman–Crippen MR) is 121 cm³/mol. The summed E-state index contributed by atoms with van der Waals surface area (Å²) in [5.74, 6) is -0.345. The Hall–Kier alpha value is -2.42. The number of rotatable bonds is 7. The number of hydrogen-bond donors (Lipinski definition) is 2. The van der Waals surface area contributed by atoms with Gasteiger partial charge in [-0.3, -0.25) is 4.79 Å². The van der Waals surface area contributed by atoms with Gasteiger partial charge < -0.3 is 15.0 Å². The van der Waals surface area contributed by atoms with Crippen LogP contribution in [0.25, 0.3) is 0 Å². The van der Waals surface area contributed by atoms with Gasteiger partial charge in [0.2, 0.25) is 10.0 Å². The zero-order chi connectivity index (χ0) is 21.7. The van der Waals surface area contributed by atoms with Crippen LogP contribution in [0.3, 0.4) is 0 Å². The van der Waals surface area contributed by atoms with Gasteiger partial charge >= 0.3 is 0 Å². The summed E-state index contributed by atoms with van der Waals surface area (Å²) >= 11 is 0. The van der Waals surface area contributed by atoms with E-state index >= 15 is 0 Å². The summed E-state index contributed by atoms with van der Waals surface area (Å²) in [5, 5.41) is 2.85. The van der Waals surface area contributed by atoms with E-state index < -0.39 is 10.0 Å². The highest BCUT2D eigenvalue weighted by Crippen LogP contribution is 2.22. The number of sulfonamides is 1. The predicted octanol–water partition coefficient (Wildman–Crippen LogP) is 3.39. The minimum absolute atomic E-state index is 0.0681. The maximum atomic E-state index is 12.7. The molecule has 0 radical (unpaired) electrons. The lowest BCUT2D eigenvalue weighted by Crippen LogP contribution is -2.32. The lowest BCUT2D eigenvalue weighted by Gasteiger charge is -2.28. The summed E-state index contributed by atoms with van der Waals surface area (Å²) in [5.41, 5.74) is 2.12. The summed E-state index contributed by atoms with van der Waals surface area (Å²) in [6, 6.07) is 13.9. The van der Waals surface area contributed by atoms with Crippen LogP contribution in [-0.2, 0) is 14.8 Å². The van der Waals surface area contributed by atoms with Crippen LogP contribution in [0, 0.1) is 0 Å². The molecule has 0 saturated carbocycles. The molecule has 1 atom stereocenters. The number of amides is 1. The average molecular weight is 444 g/mol. The molecule has 166 valence electrons. The highest BCUT2D eigenvalue weighted by Gasteiger charge is 2.21. The third-order valence-electron chi connectivity index (χ3n) is 5.78. The molecule has 31 heavy (non-hydrogen) atoms.